The summed E-state index contributed by atoms with van der Waals surface area (Å²) in [7, 11) is 0. The zero-order valence-corrected chi connectivity index (χ0v) is 13.8. The molecule has 1 aromatic carbocycles. The summed E-state index contributed by atoms with van der Waals surface area (Å²) in [6.07, 6.45) is 0.722. The van der Waals surface area contributed by atoms with Crippen molar-refractivity contribution in [3.63, 3.8) is 0 Å². The molecule has 0 spiro atoms. The van der Waals surface area contributed by atoms with E-state index in [1.54, 1.807) is 11.3 Å². The first kappa shape index (κ1) is 15.9. The van der Waals surface area contributed by atoms with Crippen LogP contribution in [0.2, 0.25) is 0 Å². The van der Waals surface area contributed by atoms with Gasteiger partial charge in [0.2, 0.25) is 11.8 Å². The second-order valence-corrected chi connectivity index (χ2v) is 6.87. The van der Waals surface area contributed by atoms with Crippen LogP contribution in [0.25, 0.3) is 0 Å². The lowest BCUT2D eigenvalue weighted by atomic mass is 10.1. The van der Waals surface area contributed by atoms with Crippen molar-refractivity contribution in [2.45, 2.75) is 18.8 Å². The van der Waals surface area contributed by atoms with Gasteiger partial charge in [0.15, 0.2) is 5.82 Å². The molecule has 0 bridgehead atoms. The highest BCUT2D eigenvalue weighted by Gasteiger charge is 2.35. The van der Waals surface area contributed by atoms with Crippen LogP contribution in [0.4, 0.5) is 14.5 Å². The summed E-state index contributed by atoms with van der Waals surface area (Å²) in [5.74, 6) is -0.994. The Morgan fingerprint density at radius 1 is 1.28 bits per heavy atom. The average molecular weight is 361 g/mol. The molecule has 0 saturated carbocycles. The van der Waals surface area contributed by atoms with Crippen LogP contribution in [0.15, 0.2) is 40.2 Å². The monoisotopic (exact) mass is 361 g/mol. The lowest BCUT2D eigenvalue weighted by Crippen LogP contribution is -2.24. The van der Waals surface area contributed by atoms with Gasteiger partial charge in [-0.05, 0) is 23.6 Å². The summed E-state index contributed by atoms with van der Waals surface area (Å²) < 4.78 is 32.1. The van der Waals surface area contributed by atoms with Gasteiger partial charge in [0.05, 0.1) is 6.42 Å². The van der Waals surface area contributed by atoms with Crippen LogP contribution in [0.5, 0.6) is 0 Å². The largest absolute Gasteiger partial charge is 0.339 e. The average Bonchev–Trinajstić information content (AvgIpc) is 3.27. The zero-order chi connectivity index (χ0) is 17.4. The maximum Gasteiger partial charge on any atom is 0.231 e. The number of amides is 1. The molecule has 3 heterocycles. The lowest BCUT2D eigenvalue weighted by molar-refractivity contribution is -0.117. The summed E-state index contributed by atoms with van der Waals surface area (Å²) in [4.78, 5) is 19.1. The number of carbonyl (C=O) groups excluding carboxylic acids is 1. The Morgan fingerprint density at radius 2 is 2.08 bits per heavy atom. The van der Waals surface area contributed by atoms with Crippen LogP contribution in [0.1, 0.15) is 28.9 Å². The number of thiophene rings is 1. The van der Waals surface area contributed by atoms with Crippen molar-refractivity contribution in [1.82, 2.24) is 10.1 Å². The van der Waals surface area contributed by atoms with Crippen LogP contribution in [-0.4, -0.2) is 22.6 Å². The molecule has 1 aliphatic heterocycles. The third-order valence-corrected chi connectivity index (χ3v) is 4.91. The van der Waals surface area contributed by atoms with Gasteiger partial charge in [0, 0.05) is 35.5 Å². The molecule has 4 rings (SSSR count). The smallest absolute Gasteiger partial charge is 0.231 e. The molecular formula is C17H13F2N3O2S. The Bertz CT molecular complexity index is 890. The van der Waals surface area contributed by atoms with Crippen molar-refractivity contribution in [1.29, 1.82) is 0 Å². The highest BCUT2D eigenvalue weighted by Crippen LogP contribution is 2.31. The van der Waals surface area contributed by atoms with Crippen molar-refractivity contribution >= 4 is 22.9 Å². The molecule has 2 aromatic heterocycles. The molecule has 5 nitrogen and oxygen atoms in total. The summed E-state index contributed by atoms with van der Waals surface area (Å²) in [5.41, 5.74) is 0.201. The Morgan fingerprint density at radius 3 is 2.80 bits per heavy atom. The summed E-state index contributed by atoms with van der Waals surface area (Å²) in [6.45, 7) is 0.264. The van der Waals surface area contributed by atoms with Crippen LogP contribution in [-0.2, 0) is 11.2 Å². The highest BCUT2D eigenvalue weighted by atomic mass is 32.1. The van der Waals surface area contributed by atoms with Crippen LogP contribution in [0, 0.1) is 11.6 Å². The van der Waals surface area contributed by atoms with Gasteiger partial charge >= 0.3 is 0 Å². The minimum Gasteiger partial charge on any atom is -0.339 e. The SMILES string of the molecule is O=C1CC(c2noc(Cc3cccs3)n2)CN1c1cc(F)cc(F)c1. The van der Waals surface area contributed by atoms with Gasteiger partial charge in [-0.1, -0.05) is 11.2 Å². The maximum atomic E-state index is 13.4. The van der Waals surface area contributed by atoms with Gasteiger partial charge in [0.1, 0.15) is 11.6 Å². The summed E-state index contributed by atoms with van der Waals surface area (Å²) >= 11 is 1.60. The van der Waals surface area contributed by atoms with Gasteiger partial charge in [-0.2, -0.15) is 4.98 Å². The van der Waals surface area contributed by atoms with E-state index in [0.717, 1.165) is 23.1 Å². The third kappa shape index (κ3) is 3.30. The standard InChI is InChI=1S/C17H13F2N3O2S/c18-11-5-12(19)7-13(6-11)22-9-10(4-16(22)23)17-20-15(24-21-17)8-14-2-1-3-25-14/h1-3,5-7,10H,4,8-9H2. The number of carbonyl (C=O) groups is 1. The first-order valence-electron chi connectivity index (χ1n) is 7.70. The molecule has 1 amide bonds. The molecule has 8 heteroatoms. The van der Waals surface area contributed by atoms with Gasteiger partial charge in [-0.25, -0.2) is 8.78 Å². The third-order valence-electron chi connectivity index (χ3n) is 4.04. The van der Waals surface area contributed by atoms with Crippen LogP contribution < -0.4 is 4.90 Å². The first-order valence-corrected chi connectivity index (χ1v) is 8.58. The molecule has 1 aliphatic rings. The van der Waals surface area contributed by atoms with Crippen molar-refractivity contribution in [2.75, 3.05) is 11.4 Å². The predicted molar refractivity (Wildman–Crippen MR) is 87.5 cm³/mol. The van der Waals surface area contributed by atoms with E-state index in [4.69, 9.17) is 4.52 Å². The molecule has 128 valence electrons. The minimum absolute atomic E-state index is 0.177. The van der Waals surface area contributed by atoms with E-state index in [2.05, 4.69) is 10.1 Å². The molecule has 1 saturated heterocycles. The number of aromatic nitrogens is 2. The van der Waals surface area contributed by atoms with E-state index < -0.39 is 11.6 Å². The van der Waals surface area contributed by atoms with Gasteiger partial charge in [-0.3, -0.25) is 4.79 Å². The van der Waals surface area contributed by atoms with Gasteiger partial charge in [0.25, 0.3) is 0 Å². The topological polar surface area (TPSA) is 59.2 Å². The van der Waals surface area contributed by atoms with Gasteiger partial charge < -0.3 is 9.42 Å². The summed E-state index contributed by atoms with van der Waals surface area (Å²) in [5, 5.41) is 5.94. The number of hydrogen-bond acceptors (Lipinski definition) is 5. The quantitative estimate of drug-likeness (QED) is 0.713. The second-order valence-electron chi connectivity index (χ2n) is 5.84. The number of anilines is 1. The Balaban J connectivity index is 1.51. The molecule has 25 heavy (non-hydrogen) atoms. The Hall–Kier alpha value is -2.61. The molecular weight excluding hydrogens is 348 g/mol. The minimum atomic E-state index is -0.718. The van der Waals surface area contributed by atoms with E-state index in [1.165, 1.54) is 4.90 Å². The fraction of sp³-hybridized carbons (Fsp3) is 0.235. The second kappa shape index (κ2) is 6.36. The Kier molecular flexibility index (Phi) is 4.04. The Labute approximate surface area is 145 Å². The fourth-order valence-electron chi connectivity index (χ4n) is 2.89. The molecule has 1 fully saturated rings. The van der Waals surface area contributed by atoms with Crippen molar-refractivity contribution in [3.05, 3.63) is 63.9 Å². The first-order chi connectivity index (χ1) is 12.1. The normalized spacial score (nSPS) is 17.4. The van der Waals surface area contributed by atoms with Crippen molar-refractivity contribution in [2.24, 2.45) is 0 Å². The van der Waals surface area contributed by atoms with E-state index in [-0.39, 0.29) is 30.5 Å². The number of rotatable bonds is 4. The number of halogens is 2. The predicted octanol–water partition coefficient (Wildman–Crippen LogP) is 3.52. The van der Waals surface area contributed by atoms with E-state index in [9.17, 15) is 13.6 Å². The highest BCUT2D eigenvalue weighted by molar-refractivity contribution is 7.09. The molecule has 0 aliphatic carbocycles. The fourth-order valence-corrected chi connectivity index (χ4v) is 3.59. The molecule has 1 atom stereocenters. The number of hydrogen-bond donors (Lipinski definition) is 0. The number of nitrogens with zero attached hydrogens (tertiary/aromatic N) is 3. The summed E-state index contributed by atoms with van der Waals surface area (Å²) in [6, 6.07) is 6.98. The van der Waals surface area contributed by atoms with Gasteiger partial charge in [-0.15, -0.1) is 11.3 Å². The maximum absolute atomic E-state index is 13.4. The van der Waals surface area contributed by atoms with Crippen molar-refractivity contribution in [3.8, 4) is 0 Å². The van der Waals surface area contributed by atoms with E-state index in [1.807, 2.05) is 17.5 Å². The molecule has 3 aromatic rings. The molecule has 0 N–H and O–H groups in total. The van der Waals surface area contributed by atoms with E-state index in [0.29, 0.717) is 18.1 Å². The van der Waals surface area contributed by atoms with E-state index >= 15 is 0 Å². The molecule has 1 unspecified atom stereocenters. The van der Waals surface area contributed by atoms with Crippen molar-refractivity contribution < 1.29 is 18.1 Å². The zero-order valence-electron chi connectivity index (χ0n) is 13.0. The molecule has 0 radical (unpaired) electrons. The van der Waals surface area contributed by atoms with Crippen LogP contribution in [0.3, 0.4) is 0 Å². The van der Waals surface area contributed by atoms with Crippen LogP contribution >= 0.6 is 11.3 Å². The lowest BCUT2D eigenvalue weighted by Gasteiger charge is -2.16. The number of benzene rings is 1.